The number of carbonyl (C=O) groups is 1. The second-order valence-electron chi connectivity index (χ2n) is 5.02. The van der Waals surface area contributed by atoms with Crippen LogP contribution in [0.2, 0.25) is 0 Å². The molecule has 0 bridgehead atoms. The largest absolute Gasteiger partial charge is 0.321 e. The maximum absolute atomic E-state index is 12.1. The molecule has 0 saturated carbocycles. The van der Waals surface area contributed by atoms with Gasteiger partial charge in [-0.05, 0) is 24.3 Å². The normalized spacial score (nSPS) is 10.8. The fourth-order valence-electron chi connectivity index (χ4n) is 2.34. The third-order valence-electron chi connectivity index (χ3n) is 3.44. The molecule has 0 aliphatic rings. The van der Waals surface area contributed by atoms with Crippen molar-refractivity contribution < 1.29 is 9.72 Å². The molecule has 0 aliphatic carbocycles. The predicted octanol–water partition coefficient (Wildman–Crippen LogP) is 3.79. The van der Waals surface area contributed by atoms with Gasteiger partial charge >= 0.3 is 0 Å². The van der Waals surface area contributed by atoms with E-state index in [1.165, 1.54) is 18.2 Å². The van der Waals surface area contributed by atoms with Gasteiger partial charge in [0.2, 0.25) is 5.91 Å². The number of nitrogens with zero attached hydrogens (tertiary/aromatic N) is 2. The van der Waals surface area contributed by atoms with Gasteiger partial charge in [0.15, 0.2) is 0 Å². The number of carbonyl (C=O) groups excluding carboxylic acids is 1. The fraction of sp³-hybridized carbons (Fsp3) is 0. The molecule has 1 N–H and O–H groups in total. The molecule has 2 aromatic carbocycles. The van der Waals surface area contributed by atoms with Crippen LogP contribution in [-0.2, 0) is 4.79 Å². The Hall–Kier alpha value is -3.54. The Bertz CT molecular complexity index is 946. The highest BCUT2D eigenvalue weighted by atomic mass is 16.6. The van der Waals surface area contributed by atoms with E-state index < -0.39 is 4.92 Å². The lowest BCUT2D eigenvalue weighted by atomic mass is 10.1. The van der Waals surface area contributed by atoms with Gasteiger partial charge in [-0.25, -0.2) is 0 Å². The summed E-state index contributed by atoms with van der Waals surface area (Å²) in [5.74, 6) is -0.383. The van der Waals surface area contributed by atoms with Crippen LogP contribution in [-0.4, -0.2) is 15.8 Å². The number of hydrogen-bond acceptors (Lipinski definition) is 4. The highest BCUT2D eigenvalue weighted by Gasteiger charge is 2.10. The Morgan fingerprint density at radius 2 is 1.88 bits per heavy atom. The molecule has 6 heteroatoms. The Balaban J connectivity index is 1.82. The van der Waals surface area contributed by atoms with Crippen molar-refractivity contribution in [1.29, 1.82) is 0 Å². The van der Waals surface area contributed by atoms with Crippen LogP contribution in [0, 0.1) is 10.1 Å². The summed E-state index contributed by atoms with van der Waals surface area (Å²) in [5, 5.41) is 14.6. The van der Waals surface area contributed by atoms with Gasteiger partial charge in [-0.2, -0.15) is 0 Å². The van der Waals surface area contributed by atoms with E-state index in [9.17, 15) is 14.9 Å². The van der Waals surface area contributed by atoms with Crippen molar-refractivity contribution in [3.8, 4) is 0 Å². The zero-order valence-electron chi connectivity index (χ0n) is 12.5. The Morgan fingerprint density at radius 3 is 2.71 bits per heavy atom. The molecule has 0 radical (unpaired) electrons. The molecule has 0 atom stereocenters. The standard InChI is InChI=1S/C18H13N3O3/c22-17(11-10-13-5-1-2-9-16(13)21(23)24)20-15-8-3-6-14-7-4-12-19-18(14)15/h1-12H,(H,20,22)/b11-10+. The van der Waals surface area contributed by atoms with Crippen molar-refractivity contribution in [1.82, 2.24) is 4.98 Å². The second kappa shape index (κ2) is 6.70. The van der Waals surface area contributed by atoms with Crippen LogP contribution in [0.4, 0.5) is 11.4 Å². The van der Waals surface area contributed by atoms with Gasteiger partial charge in [0.05, 0.1) is 21.7 Å². The second-order valence-corrected chi connectivity index (χ2v) is 5.02. The molecule has 1 aromatic heterocycles. The zero-order valence-corrected chi connectivity index (χ0v) is 12.5. The van der Waals surface area contributed by atoms with Crippen LogP contribution >= 0.6 is 0 Å². The van der Waals surface area contributed by atoms with E-state index in [0.717, 1.165) is 5.39 Å². The Labute approximate surface area is 137 Å². The fourth-order valence-corrected chi connectivity index (χ4v) is 2.34. The molecule has 0 saturated heterocycles. The van der Waals surface area contributed by atoms with Crippen molar-refractivity contribution in [2.24, 2.45) is 0 Å². The number of rotatable bonds is 4. The number of fused-ring (bicyclic) bond motifs is 1. The van der Waals surface area contributed by atoms with E-state index in [1.54, 1.807) is 30.5 Å². The average molecular weight is 319 g/mol. The predicted molar refractivity (Wildman–Crippen MR) is 92.5 cm³/mol. The van der Waals surface area contributed by atoms with Gasteiger partial charge in [0.25, 0.3) is 5.69 Å². The minimum absolute atomic E-state index is 0.0478. The third kappa shape index (κ3) is 3.27. The first-order chi connectivity index (χ1) is 11.6. The molecular weight excluding hydrogens is 306 g/mol. The maximum Gasteiger partial charge on any atom is 0.276 e. The molecule has 0 aliphatic heterocycles. The minimum atomic E-state index is -0.480. The third-order valence-corrected chi connectivity index (χ3v) is 3.44. The van der Waals surface area contributed by atoms with E-state index in [2.05, 4.69) is 10.3 Å². The zero-order chi connectivity index (χ0) is 16.9. The maximum atomic E-state index is 12.1. The molecule has 3 aromatic rings. The number of anilines is 1. The summed E-state index contributed by atoms with van der Waals surface area (Å²) in [7, 11) is 0. The van der Waals surface area contributed by atoms with Crippen LogP contribution in [0.1, 0.15) is 5.56 Å². The van der Waals surface area contributed by atoms with Crippen molar-refractivity contribution in [3.05, 3.63) is 82.5 Å². The molecule has 6 nitrogen and oxygen atoms in total. The molecule has 1 heterocycles. The summed E-state index contributed by atoms with van der Waals surface area (Å²) < 4.78 is 0. The van der Waals surface area contributed by atoms with Crippen LogP contribution in [0.5, 0.6) is 0 Å². The average Bonchev–Trinajstić information content (AvgIpc) is 2.60. The first-order valence-corrected chi connectivity index (χ1v) is 7.21. The summed E-state index contributed by atoms with van der Waals surface area (Å²) in [5.41, 5.74) is 1.60. The lowest BCUT2D eigenvalue weighted by Gasteiger charge is -2.05. The van der Waals surface area contributed by atoms with Gasteiger partial charge in [-0.15, -0.1) is 0 Å². The smallest absolute Gasteiger partial charge is 0.276 e. The van der Waals surface area contributed by atoms with Crippen molar-refractivity contribution >= 4 is 34.3 Å². The first-order valence-electron chi connectivity index (χ1n) is 7.21. The summed E-state index contributed by atoms with van der Waals surface area (Å²) in [6.07, 6.45) is 4.34. The van der Waals surface area contributed by atoms with Crippen molar-refractivity contribution in [2.45, 2.75) is 0 Å². The summed E-state index contributed by atoms with van der Waals surface area (Å²) in [6, 6.07) is 15.5. The lowest BCUT2D eigenvalue weighted by Crippen LogP contribution is -2.08. The number of nitrogens with one attached hydrogen (secondary N) is 1. The van der Waals surface area contributed by atoms with E-state index >= 15 is 0 Å². The Morgan fingerprint density at radius 1 is 1.08 bits per heavy atom. The van der Waals surface area contributed by atoms with Gasteiger partial charge in [-0.1, -0.05) is 30.3 Å². The van der Waals surface area contributed by atoms with Crippen LogP contribution in [0.15, 0.2) is 66.9 Å². The summed E-state index contributed by atoms with van der Waals surface area (Å²) in [6.45, 7) is 0. The van der Waals surface area contributed by atoms with E-state index in [0.29, 0.717) is 16.8 Å². The van der Waals surface area contributed by atoms with Gasteiger partial charge in [-0.3, -0.25) is 19.9 Å². The van der Waals surface area contributed by atoms with E-state index in [4.69, 9.17) is 0 Å². The molecule has 3 rings (SSSR count). The van der Waals surface area contributed by atoms with Gasteiger partial charge < -0.3 is 5.32 Å². The number of pyridine rings is 1. The van der Waals surface area contributed by atoms with E-state index in [-0.39, 0.29) is 11.6 Å². The number of para-hydroxylation sites is 2. The number of benzene rings is 2. The summed E-state index contributed by atoms with van der Waals surface area (Å²) >= 11 is 0. The first kappa shape index (κ1) is 15.4. The van der Waals surface area contributed by atoms with Crippen molar-refractivity contribution in [2.75, 3.05) is 5.32 Å². The van der Waals surface area contributed by atoms with Crippen molar-refractivity contribution in [3.63, 3.8) is 0 Å². The number of nitro groups is 1. The molecule has 0 spiro atoms. The lowest BCUT2D eigenvalue weighted by molar-refractivity contribution is -0.385. The molecule has 0 fully saturated rings. The molecule has 0 unspecified atom stereocenters. The quantitative estimate of drug-likeness (QED) is 0.450. The number of aromatic nitrogens is 1. The topological polar surface area (TPSA) is 85.1 Å². The SMILES string of the molecule is O=C(/C=C/c1ccccc1[N+](=O)[O-])Nc1cccc2cccnc12. The molecule has 118 valence electrons. The highest BCUT2D eigenvalue weighted by molar-refractivity contribution is 6.06. The molecular formula is C18H13N3O3. The summed E-state index contributed by atoms with van der Waals surface area (Å²) in [4.78, 5) is 26.9. The number of hydrogen-bond donors (Lipinski definition) is 1. The molecule has 1 amide bonds. The monoisotopic (exact) mass is 319 g/mol. The van der Waals surface area contributed by atoms with Crippen LogP contribution in [0.3, 0.4) is 0 Å². The Kier molecular flexibility index (Phi) is 4.29. The van der Waals surface area contributed by atoms with Crippen LogP contribution < -0.4 is 5.32 Å². The minimum Gasteiger partial charge on any atom is -0.321 e. The number of nitro benzene ring substituents is 1. The van der Waals surface area contributed by atoms with E-state index in [1.807, 2.05) is 24.3 Å². The molecule has 24 heavy (non-hydrogen) atoms. The van der Waals surface area contributed by atoms with Gasteiger partial charge in [0.1, 0.15) is 0 Å². The number of amides is 1. The highest BCUT2D eigenvalue weighted by Crippen LogP contribution is 2.21. The van der Waals surface area contributed by atoms with Gasteiger partial charge in [0, 0.05) is 23.7 Å². The van der Waals surface area contributed by atoms with Crippen LogP contribution in [0.25, 0.3) is 17.0 Å².